The van der Waals surface area contributed by atoms with Gasteiger partial charge in [0.25, 0.3) is 0 Å². The molecule has 122 valence electrons. The second kappa shape index (κ2) is 6.12. The number of rotatable bonds is 4. The Bertz CT molecular complexity index is 946. The number of aryl methyl sites for hydroxylation is 1. The van der Waals surface area contributed by atoms with Crippen LogP contribution in [-0.2, 0) is 6.42 Å². The van der Waals surface area contributed by atoms with Crippen LogP contribution < -0.4 is 10.5 Å². The van der Waals surface area contributed by atoms with Crippen molar-refractivity contribution < 1.29 is 13.8 Å². The van der Waals surface area contributed by atoms with Gasteiger partial charge in [-0.25, -0.2) is 19.0 Å². The molecule has 0 spiro atoms. The number of alkyl halides is 1. The summed E-state index contributed by atoms with van der Waals surface area (Å²) >= 11 is 0. The summed E-state index contributed by atoms with van der Waals surface area (Å²) in [7, 11) is 0. The Morgan fingerprint density at radius 2 is 2.17 bits per heavy atom. The van der Waals surface area contributed by atoms with Gasteiger partial charge in [0.05, 0.1) is 5.69 Å². The van der Waals surface area contributed by atoms with Crippen LogP contribution in [0, 0.1) is 19.3 Å². The van der Waals surface area contributed by atoms with Gasteiger partial charge in [-0.2, -0.15) is 0 Å². The van der Waals surface area contributed by atoms with Crippen LogP contribution >= 0.6 is 0 Å². The highest BCUT2D eigenvalue weighted by Gasteiger charge is 2.16. The molecule has 3 aromatic heterocycles. The largest absolute Gasteiger partial charge is 0.458 e. The molecule has 24 heavy (non-hydrogen) atoms. The van der Waals surface area contributed by atoms with Crippen molar-refractivity contribution in [3.8, 4) is 18.1 Å². The minimum absolute atomic E-state index is 0.218. The molecule has 0 aliphatic rings. The highest BCUT2D eigenvalue weighted by Crippen LogP contribution is 2.26. The summed E-state index contributed by atoms with van der Waals surface area (Å²) in [4.78, 5) is 8.62. The van der Waals surface area contributed by atoms with Crippen LogP contribution in [-0.4, -0.2) is 26.6 Å². The summed E-state index contributed by atoms with van der Waals surface area (Å²) in [5.41, 5.74) is 9.64. The molecule has 0 saturated heterocycles. The van der Waals surface area contributed by atoms with Gasteiger partial charge in [-0.15, -0.1) is 6.42 Å². The van der Waals surface area contributed by atoms with Crippen molar-refractivity contribution in [1.82, 2.24) is 20.3 Å². The standard InChI is InChI=1S/C16H14FN5O2/c1-4-12-13(23-9(3)17)6-5-10(20-12)7-11-8(2)19-16-15(14(11)18)21-24-22-16/h1,5-6,9H,7,18H2,2-3H3. The first-order valence-corrected chi connectivity index (χ1v) is 7.14. The second-order valence-corrected chi connectivity index (χ2v) is 5.16. The Balaban J connectivity index is 1.98. The van der Waals surface area contributed by atoms with E-state index >= 15 is 0 Å². The maximum absolute atomic E-state index is 13.0. The summed E-state index contributed by atoms with van der Waals surface area (Å²) in [5, 5.41) is 7.44. The fourth-order valence-corrected chi connectivity index (χ4v) is 2.35. The van der Waals surface area contributed by atoms with Crippen molar-refractivity contribution in [3.63, 3.8) is 0 Å². The van der Waals surface area contributed by atoms with Crippen molar-refractivity contribution in [2.45, 2.75) is 26.6 Å². The molecule has 1 unspecified atom stereocenters. The van der Waals surface area contributed by atoms with Crippen molar-refractivity contribution in [3.05, 3.63) is 34.8 Å². The fourth-order valence-electron chi connectivity index (χ4n) is 2.35. The smallest absolute Gasteiger partial charge is 0.235 e. The molecule has 0 aliphatic heterocycles. The molecule has 3 aromatic rings. The zero-order valence-corrected chi connectivity index (χ0v) is 13.1. The third kappa shape index (κ3) is 2.84. The van der Waals surface area contributed by atoms with E-state index in [1.807, 2.05) is 6.92 Å². The van der Waals surface area contributed by atoms with E-state index in [-0.39, 0.29) is 11.4 Å². The summed E-state index contributed by atoms with van der Waals surface area (Å²) in [6, 6.07) is 3.28. The Labute approximate surface area is 137 Å². The van der Waals surface area contributed by atoms with Crippen LogP contribution in [0.25, 0.3) is 11.2 Å². The molecule has 0 saturated carbocycles. The Morgan fingerprint density at radius 1 is 1.38 bits per heavy atom. The molecule has 1 atom stereocenters. The van der Waals surface area contributed by atoms with Gasteiger partial charge in [0.15, 0.2) is 17.0 Å². The summed E-state index contributed by atoms with van der Waals surface area (Å²) in [5.74, 6) is 2.61. The van der Waals surface area contributed by atoms with Gasteiger partial charge in [-0.05, 0) is 35.3 Å². The number of anilines is 1. The first-order valence-electron chi connectivity index (χ1n) is 7.14. The van der Waals surface area contributed by atoms with Crippen LogP contribution in [0.15, 0.2) is 16.8 Å². The van der Waals surface area contributed by atoms with Crippen LogP contribution in [0.1, 0.15) is 29.6 Å². The predicted molar refractivity (Wildman–Crippen MR) is 84.9 cm³/mol. The van der Waals surface area contributed by atoms with Crippen molar-refractivity contribution in [2.75, 3.05) is 5.73 Å². The average molecular weight is 327 g/mol. The minimum atomic E-state index is -1.48. The molecule has 0 aliphatic carbocycles. The minimum Gasteiger partial charge on any atom is -0.458 e. The zero-order valence-electron chi connectivity index (χ0n) is 13.1. The second-order valence-electron chi connectivity index (χ2n) is 5.16. The van der Waals surface area contributed by atoms with Gasteiger partial charge < -0.3 is 10.5 Å². The lowest BCUT2D eigenvalue weighted by atomic mass is 10.0. The highest BCUT2D eigenvalue weighted by atomic mass is 19.1. The van der Waals surface area contributed by atoms with E-state index in [1.54, 1.807) is 12.1 Å². The lowest BCUT2D eigenvalue weighted by molar-refractivity contribution is 0.0852. The van der Waals surface area contributed by atoms with Gasteiger partial charge >= 0.3 is 0 Å². The highest BCUT2D eigenvalue weighted by molar-refractivity contribution is 5.85. The van der Waals surface area contributed by atoms with E-state index in [1.165, 1.54) is 6.92 Å². The van der Waals surface area contributed by atoms with Gasteiger partial charge in [0.2, 0.25) is 12.0 Å². The number of hydrogen-bond donors (Lipinski definition) is 1. The summed E-state index contributed by atoms with van der Waals surface area (Å²) in [6.07, 6.45) is 4.33. The van der Waals surface area contributed by atoms with Gasteiger partial charge in [0, 0.05) is 30.3 Å². The number of nitrogens with zero attached hydrogens (tertiary/aromatic N) is 4. The Morgan fingerprint density at radius 3 is 2.88 bits per heavy atom. The molecule has 8 heteroatoms. The third-order valence-corrected chi connectivity index (χ3v) is 3.46. The number of terminal acetylenes is 1. The van der Waals surface area contributed by atoms with Crippen molar-refractivity contribution >= 4 is 16.9 Å². The topological polar surface area (TPSA) is 100.0 Å². The van der Waals surface area contributed by atoms with Crippen molar-refractivity contribution in [2.24, 2.45) is 0 Å². The van der Waals surface area contributed by atoms with E-state index in [4.69, 9.17) is 16.9 Å². The predicted octanol–water partition coefficient (Wildman–Crippen LogP) is 2.17. The number of nitrogens with two attached hydrogens (primary N) is 1. The summed E-state index contributed by atoms with van der Waals surface area (Å²) in [6.45, 7) is 3.08. The van der Waals surface area contributed by atoms with Crippen LogP contribution in [0.2, 0.25) is 0 Å². The lowest BCUT2D eigenvalue weighted by Gasteiger charge is -2.11. The fraction of sp³-hybridized carbons (Fsp3) is 0.250. The number of halogens is 1. The number of nitrogen functional groups attached to an aromatic ring is 1. The van der Waals surface area contributed by atoms with Gasteiger partial charge in [-0.1, -0.05) is 0 Å². The molecule has 3 heterocycles. The van der Waals surface area contributed by atoms with E-state index in [0.29, 0.717) is 34.7 Å². The number of hydrogen-bond acceptors (Lipinski definition) is 7. The molecule has 0 aromatic carbocycles. The normalized spacial score (nSPS) is 12.1. The molecule has 3 rings (SSSR count). The summed E-state index contributed by atoms with van der Waals surface area (Å²) < 4.78 is 22.7. The van der Waals surface area contributed by atoms with Crippen LogP contribution in [0.5, 0.6) is 5.75 Å². The van der Waals surface area contributed by atoms with Crippen LogP contribution in [0.3, 0.4) is 0 Å². The maximum atomic E-state index is 13.0. The SMILES string of the molecule is C#Cc1nc(Cc2c(C)nc3nonc3c2N)ccc1OC(C)F. The van der Waals surface area contributed by atoms with Crippen LogP contribution in [0.4, 0.5) is 10.1 Å². The number of fused-ring (bicyclic) bond motifs is 1. The first kappa shape index (κ1) is 15.7. The molecule has 0 fully saturated rings. The number of pyridine rings is 2. The third-order valence-electron chi connectivity index (χ3n) is 3.46. The number of aromatic nitrogens is 4. The molecule has 0 bridgehead atoms. The molecule has 2 N–H and O–H groups in total. The average Bonchev–Trinajstić information content (AvgIpc) is 3.00. The van der Waals surface area contributed by atoms with Gasteiger partial charge in [0.1, 0.15) is 0 Å². The monoisotopic (exact) mass is 327 g/mol. The first-order chi connectivity index (χ1) is 11.5. The van der Waals surface area contributed by atoms with E-state index in [2.05, 4.69) is 30.8 Å². The zero-order chi connectivity index (χ0) is 17.3. The molecule has 0 radical (unpaired) electrons. The van der Waals surface area contributed by atoms with Crippen molar-refractivity contribution in [1.29, 1.82) is 0 Å². The lowest BCUT2D eigenvalue weighted by Crippen LogP contribution is -2.08. The quantitative estimate of drug-likeness (QED) is 0.733. The molecular formula is C16H14FN5O2. The number of ether oxygens (including phenoxy) is 1. The Kier molecular flexibility index (Phi) is 4.00. The maximum Gasteiger partial charge on any atom is 0.235 e. The van der Waals surface area contributed by atoms with E-state index < -0.39 is 6.36 Å². The van der Waals surface area contributed by atoms with E-state index in [0.717, 1.165) is 5.56 Å². The van der Waals surface area contributed by atoms with Gasteiger partial charge in [-0.3, -0.25) is 0 Å². The molecular weight excluding hydrogens is 313 g/mol. The molecule has 0 amide bonds. The van der Waals surface area contributed by atoms with E-state index in [9.17, 15) is 4.39 Å². The Hall–Kier alpha value is -3.21. The molecule has 7 nitrogen and oxygen atoms in total.